The number of aliphatic imine (C=N–C) groups is 1. The van der Waals surface area contributed by atoms with Gasteiger partial charge in [-0.3, -0.25) is 5.32 Å². The molecule has 0 spiro atoms. The minimum absolute atomic E-state index is 0.0101. The van der Waals surface area contributed by atoms with E-state index < -0.39 is 18.2 Å². The minimum Gasteiger partial charge on any atom is -0.444 e. The van der Waals surface area contributed by atoms with E-state index in [0.29, 0.717) is 26.3 Å². The second-order valence-corrected chi connectivity index (χ2v) is 6.72. The number of rotatable bonds is 4. The van der Waals surface area contributed by atoms with Crippen molar-refractivity contribution in [1.82, 2.24) is 15.5 Å². The molecule has 1 aliphatic heterocycles. The summed E-state index contributed by atoms with van der Waals surface area (Å²) in [6.45, 7) is 1.67. The summed E-state index contributed by atoms with van der Waals surface area (Å²) in [6.07, 6.45) is -1.80. The van der Waals surface area contributed by atoms with Crippen LogP contribution in [0.4, 0.5) is 14.4 Å². The predicted molar refractivity (Wildman–Crippen MR) is 115 cm³/mol. The lowest BCUT2D eigenvalue weighted by atomic mass is 10.2. The quantitative estimate of drug-likeness (QED) is 0.554. The van der Waals surface area contributed by atoms with Gasteiger partial charge >= 0.3 is 18.2 Å². The van der Waals surface area contributed by atoms with Crippen molar-refractivity contribution in [3.05, 3.63) is 71.8 Å². The van der Waals surface area contributed by atoms with E-state index in [1.807, 2.05) is 53.8 Å². The number of carbonyl (C=O) groups is 3. The highest BCUT2D eigenvalue weighted by Gasteiger charge is 2.20. The molecule has 2 aromatic carbocycles. The first-order valence-corrected chi connectivity index (χ1v) is 10.0. The fraction of sp³-hybridized carbons (Fsp3) is 0.273. The van der Waals surface area contributed by atoms with Crippen molar-refractivity contribution in [2.75, 3.05) is 26.3 Å². The third-order valence-corrected chi connectivity index (χ3v) is 4.37. The van der Waals surface area contributed by atoms with Gasteiger partial charge in [-0.1, -0.05) is 60.7 Å². The first-order chi connectivity index (χ1) is 15.6. The van der Waals surface area contributed by atoms with E-state index in [4.69, 9.17) is 14.2 Å². The number of hydrogen-bond donors (Lipinski definition) is 2. The van der Waals surface area contributed by atoms with Crippen LogP contribution in [-0.2, 0) is 27.4 Å². The van der Waals surface area contributed by atoms with Crippen molar-refractivity contribution in [3.8, 4) is 0 Å². The van der Waals surface area contributed by atoms with Crippen LogP contribution in [0, 0.1) is 0 Å². The van der Waals surface area contributed by atoms with Gasteiger partial charge in [0.1, 0.15) is 13.2 Å². The second-order valence-electron chi connectivity index (χ2n) is 6.72. The fourth-order valence-corrected chi connectivity index (χ4v) is 2.78. The lowest BCUT2D eigenvalue weighted by molar-refractivity contribution is 0.0664. The van der Waals surface area contributed by atoms with Gasteiger partial charge in [0.25, 0.3) is 0 Å². The Hall–Kier alpha value is -3.92. The summed E-state index contributed by atoms with van der Waals surface area (Å²) in [6, 6.07) is 17.3. The highest BCUT2D eigenvalue weighted by Crippen LogP contribution is 2.04. The zero-order valence-corrected chi connectivity index (χ0v) is 17.4. The predicted octanol–water partition coefficient (Wildman–Crippen LogP) is 2.65. The van der Waals surface area contributed by atoms with Crippen LogP contribution in [0.1, 0.15) is 11.1 Å². The largest absolute Gasteiger partial charge is 0.444 e. The molecular weight excluding hydrogens is 416 g/mol. The number of benzene rings is 2. The van der Waals surface area contributed by atoms with E-state index in [2.05, 4.69) is 10.3 Å². The highest BCUT2D eigenvalue weighted by atomic mass is 16.6. The maximum atomic E-state index is 12.3. The van der Waals surface area contributed by atoms with Crippen molar-refractivity contribution in [2.24, 2.45) is 4.99 Å². The summed E-state index contributed by atoms with van der Waals surface area (Å²) in [4.78, 5) is 41.9. The van der Waals surface area contributed by atoms with E-state index in [1.54, 1.807) is 17.0 Å². The van der Waals surface area contributed by atoms with Gasteiger partial charge in [-0.15, -0.1) is 4.99 Å². The van der Waals surface area contributed by atoms with E-state index in [9.17, 15) is 14.4 Å². The molecule has 3 rings (SSSR count). The molecule has 4 amide bonds. The molecule has 1 heterocycles. The topological polar surface area (TPSA) is 119 Å². The zero-order chi connectivity index (χ0) is 22.6. The molecule has 2 aromatic rings. The van der Waals surface area contributed by atoms with Gasteiger partial charge in [0, 0.05) is 13.1 Å². The number of imide groups is 1. The molecule has 0 atom stereocenters. The number of ether oxygens (including phenoxy) is 3. The van der Waals surface area contributed by atoms with Crippen molar-refractivity contribution in [1.29, 1.82) is 0 Å². The molecule has 0 unspecified atom stereocenters. The fourth-order valence-electron chi connectivity index (χ4n) is 2.78. The first kappa shape index (κ1) is 22.8. The van der Waals surface area contributed by atoms with Crippen LogP contribution in [0.5, 0.6) is 0 Å². The molecule has 1 aliphatic rings. The molecule has 1 saturated heterocycles. The van der Waals surface area contributed by atoms with Crippen LogP contribution in [0.15, 0.2) is 65.7 Å². The third-order valence-electron chi connectivity index (χ3n) is 4.37. The smallest absolute Gasteiger partial charge is 0.437 e. The molecule has 168 valence electrons. The van der Waals surface area contributed by atoms with Crippen LogP contribution >= 0.6 is 0 Å². The summed E-state index contributed by atoms with van der Waals surface area (Å²) in [5.74, 6) is -0.0419. The van der Waals surface area contributed by atoms with Crippen LogP contribution in [0.3, 0.4) is 0 Å². The van der Waals surface area contributed by atoms with Gasteiger partial charge in [-0.2, -0.15) is 0 Å². The first-order valence-electron chi connectivity index (χ1n) is 10.0. The minimum atomic E-state index is -0.931. The average molecular weight is 440 g/mol. The van der Waals surface area contributed by atoms with E-state index >= 15 is 0 Å². The number of guanidine groups is 1. The van der Waals surface area contributed by atoms with Crippen molar-refractivity contribution >= 4 is 24.2 Å². The Morgan fingerprint density at radius 1 is 0.844 bits per heavy atom. The highest BCUT2D eigenvalue weighted by molar-refractivity contribution is 6.04. The van der Waals surface area contributed by atoms with E-state index in [-0.39, 0.29) is 19.2 Å². The molecule has 0 aliphatic carbocycles. The molecule has 0 saturated carbocycles. The van der Waals surface area contributed by atoms with Crippen LogP contribution < -0.4 is 10.6 Å². The molecule has 10 heteroatoms. The molecule has 32 heavy (non-hydrogen) atoms. The molecule has 0 radical (unpaired) electrons. The number of alkyl carbamates (subject to hydrolysis) is 1. The molecule has 0 aromatic heterocycles. The zero-order valence-electron chi connectivity index (χ0n) is 17.4. The SMILES string of the molecule is O=C(NC(=O)OCc1ccccc1)N/C(=N/C(=O)OCc1ccccc1)N1CCOCC1. The standard InChI is InChI=1S/C22H24N4O6/c27-20(25-22(29)32-16-18-9-5-2-6-10-18)23-19(26-11-13-30-14-12-26)24-21(28)31-15-17-7-3-1-4-8-17/h1-10H,11-16H2,(H2,23,24,25,27,28,29). The van der Waals surface area contributed by atoms with Crippen molar-refractivity contribution in [3.63, 3.8) is 0 Å². The summed E-state index contributed by atoms with van der Waals surface area (Å²) >= 11 is 0. The van der Waals surface area contributed by atoms with Crippen LogP contribution in [0.25, 0.3) is 0 Å². The van der Waals surface area contributed by atoms with Crippen molar-refractivity contribution < 1.29 is 28.6 Å². The summed E-state index contributed by atoms with van der Waals surface area (Å²) in [5.41, 5.74) is 1.58. The number of nitrogens with one attached hydrogen (secondary N) is 2. The molecular formula is C22H24N4O6. The number of hydrogen-bond acceptors (Lipinski definition) is 6. The van der Waals surface area contributed by atoms with E-state index in [0.717, 1.165) is 11.1 Å². The summed E-state index contributed by atoms with van der Waals surface area (Å²) in [5, 5.41) is 4.46. The number of carbonyl (C=O) groups excluding carboxylic acids is 3. The summed E-state index contributed by atoms with van der Waals surface area (Å²) in [7, 11) is 0. The Kier molecular flexibility index (Phi) is 8.58. The second kappa shape index (κ2) is 12.1. The number of nitrogens with zero attached hydrogens (tertiary/aromatic N) is 2. The van der Waals surface area contributed by atoms with Crippen molar-refractivity contribution in [2.45, 2.75) is 13.2 Å². The average Bonchev–Trinajstić information content (AvgIpc) is 2.83. The van der Waals surface area contributed by atoms with Crippen LogP contribution in [-0.4, -0.2) is 55.4 Å². The molecule has 2 N–H and O–H groups in total. The van der Waals surface area contributed by atoms with Gasteiger partial charge in [-0.25, -0.2) is 19.7 Å². The van der Waals surface area contributed by atoms with Gasteiger partial charge < -0.3 is 19.1 Å². The monoisotopic (exact) mass is 440 g/mol. The normalized spacial score (nSPS) is 13.8. The molecule has 1 fully saturated rings. The van der Waals surface area contributed by atoms with Gasteiger partial charge in [0.2, 0.25) is 5.96 Å². The number of amides is 4. The third kappa shape index (κ3) is 7.73. The Bertz CT molecular complexity index is 930. The number of urea groups is 1. The maximum absolute atomic E-state index is 12.3. The Morgan fingerprint density at radius 3 is 2.00 bits per heavy atom. The van der Waals surface area contributed by atoms with E-state index in [1.165, 1.54) is 0 Å². The Labute approximate surface area is 185 Å². The number of morpholine rings is 1. The van der Waals surface area contributed by atoms with Gasteiger partial charge in [-0.05, 0) is 11.1 Å². The Morgan fingerprint density at radius 2 is 1.41 bits per heavy atom. The lowest BCUT2D eigenvalue weighted by Crippen LogP contribution is -2.52. The van der Waals surface area contributed by atoms with Gasteiger partial charge in [0.05, 0.1) is 13.2 Å². The maximum Gasteiger partial charge on any atom is 0.437 e. The Balaban J connectivity index is 1.55. The molecule has 10 nitrogen and oxygen atoms in total. The molecule has 0 bridgehead atoms. The summed E-state index contributed by atoms with van der Waals surface area (Å²) < 4.78 is 15.5. The lowest BCUT2D eigenvalue weighted by Gasteiger charge is -2.29. The van der Waals surface area contributed by atoms with Gasteiger partial charge in [0.15, 0.2) is 0 Å². The van der Waals surface area contributed by atoms with Crippen LogP contribution in [0.2, 0.25) is 0 Å².